The number of aryl methyl sites for hydroxylation is 1. The van der Waals surface area contributed by atoms with Crippen LogP contribution in [0.1, 0.15) is 22.3 Å². The lowest BCUT2D eigenvalue weighted by Crippen LogP contribution is -2.31. The Morgan fingerprint density at radius 1 is 1.26 bits per heavy atom. The van der Waals surface area contributed by atoms with Crippen molar-refractivity contribution in [2.24, 2.45) is 5.92 Å². The zero-order valence-corrected chi connectivity index (χ0v) is 13.3. The zero-order valence-electron chi connectivity index (χ0n) is 13.3. The van der Waals surface area contributed by atoms with Gasteiger partial charge in [-0.05, 0) is 61.2 Å². The van der Waals surface area contributed by atoms with Crippen molar-refractivity contribution in [3.8, 4) is 0 Å². The van der Waals surface area contributed by atoms with E-state index in [1.807, 2.05) is 0 Å². The Labute approximate surface area is 136 Å². The molecule has 4 heteroatoms. The Balaban J connectivity index is 1.52. The largest absolute Gasteiger partial charge is 0.371 e. The Hall–Kier alpha value is -2.36. The van der Waals surface area contributed by atoms with E-state index in [9.17, 15) is 9.18 Å². The highest BCUT2D eigenvalue weighted by molar-refractivity contribution is 5.94. The van der Waals surface area contributed by atoms with Gasteiger partial charge >= 0.3 is 0 Å². The fourth-order valence-electron chi connectivity index (χ4n) is 3.00. The number of halogens is 1. The van der Waals surface area contributed by atoms with Crippen molar-refractivity contribution in [3.63, 3.8) is 0 Å². The molecule has 0 aliphatic carbocycles. The molecule has 3 rings (SSSR count). The van der Waals surface area contributed by atoms with Crippen LogP contribution < -0.4 is 10.2 Å². The molecular formula is C19H21FN2O. The van der Waals surface area contributed by atoms with Crippen molar-refractivity contribution in [1.82, 2.24) is 5.32 Å². The molecule has 1 N–H and O–H groups in total. The lowest BCUT2D eigenvalue weighted by molar-refractivity contribution is 0.0948. The fourth-order valence-corrected chi connectivity index (χ4v) is 3.00. The van der Waals surface area contributed by atoms with Gasteiger partial charge in [0.2, 0.25) is 0 Å². The maximum atomic E-state index is 12.9. The van der Waals surface area contributed by atoms with Gasteiger partial charge in [0.25, 0.3) is 5.91 Å². The van der Waals surface area contributed by atoms with Crippen LogP contribution in [0.15, 0.2) is 48.5 Å². The molecule has 0 bridgehead atoms. The first-order valence-corrected chi connectivity index (χ1v) is 7.97. The lowest BCUT2D eigenvalue weighted by atomic mass is 10.1. The van der Waals surface area contributed by atoms with E-state index >= 15 is 0 Å². The van der Waals surface area contributed by atoms with Crippen molar-refractivity contribution in [2.45, 2.75) is 13.3 Å². The molecule has 0 saturated carbocycles. The first-order valence-electron chi connectivity index (χ1n) is 7.97. The number of hydrogen-bond donors (Lipinski definition) is 1. The third-order valence-corrected chi connectivity index (χ3v) is 4.31. The number of anilines is 1. The van der Waals surface area contributed by atoms with Crippen LogP contribution in [0.3, 0.4) is 0 Å². The number of benzene rings is 2. The second-order valence-corrected chi connectivity index (χ2v) is 6.16. The van der Waals surface area contributed by atoms with Crippen LogP contribution in [0.4, 0.5) is 10.1 Å². The van der Waals surface area contributed by atoms with Crippen LogP contribution in [-0.4, -0.2) is 25.5 Å². The molecule has 1 atom stereocenters. The summed E-state index contributed by atoms with van der Waals surface area (Å²) >= 11 is 0. The van der Waals surface area contributed by atoms with Gasteiger partial charge in [0, 0.05) is 30.9 Å². The highest BCUT2D eigenvalue weighted by Crippen LogP contribution is 2.24. The molecule has 3 nitrogen and oxygen atoms in total. The van der Waals surface area contributed by atoms with Gasteiger partial charge in [-0.25, -0.2) is 4.39 Å². The zero-order chi connectivity index (χ0) is 16.2. The standard InChI is InChI=1S/C19H21FN2O/c1-14-3-2-4-18(11-14)22-10-9-15(13-22)12-21-19(23)16-5-7-17(20)8-6-16/h2-8,11,15H,9-10,12-13H2,1H3,(H,21,23). The molecule has 1 amide bonds. The number of nitrogens with zero attached hydrogens (tertiary/aromatic N) is 1. The maximum absolute atomic E-state index is 12.9. The summed E-state index contributed by atoms with van der Waals surface area (Å²) in [4.78, 5) is 14.4. The van der Waals surface area contributed by atoms with Crippen LogP contribution in [0.5, 0.6) is 0 Å². The van der Waals surface area contributed by atoms with Crippen LogP contribution in [0.2, 0.25) is 0 Å². The Morgan fingerprint density at radius 3 is 2.78 bits per heavy atom. The van der Waals surface area contributed by atoms with Crippen molar-refractivity contribution < 1.29 is 9.18 Å². The predicted molar refractivity (Wildman–Crippen MR) is 90.2 cm³/mol. The molecule has 120 valence electrons. The SMILES string of the molecule is Cc1cccc(N2CCC(CNC(=O)c3ccc(F)cc3)C2)c1. The van der Waals surface area contributed by atoms with Gasteiger partial charge in [0.15, 0.2) is 0 Å². The Kier molecular flexibility index (Phi) is 4.60. The number of rotatable bonds is 4. The van der Waals surface area contributed by atoms with Crippen LogP contribution in [0.25, 0.3) is 0 Å². The highest BCUT2D eigenvalue weighted by Gasteiger charge is 2.23. The van der Waals surface area contributed by atoms with Gasteiger partial charge in [0.1, 0.15) is 5.82 Å². The molecule has 0 radical (unpaired) electrons. The van der Waals surface area contributed by atoms with Gasteiger partial charge < -0.3 is 10.2 Å². The molecule has 0 spiro atoms. The van der Waals surface area contributed by atoms with Crippen molar-refractivity contribution in [3.05, 3.63) is 65.5 Å². The first kappa shape index (κ1) is 15.5. The van der Waals surface area contributed by atoms with Crippen molar-refractivity contribution >= 4 is 11.6 Å². The quantitative estimate of drug-likeness (QED) is 0.938. The molecular weight excluding hydrogens is 291 g/mol. The minimum absolute atomic E-state index is 0.140. The Morgan fingerprint density at radius 2 is 2.04 bits per heavy atom. The molecule has 1 fully saturated rings. The molecule has 2 aromatic rings. The fraction of sp³-hybridized carbons (Fsp3) is 0.316. The van der Waals surface area contributed by atoms with E-state index in [1.165, 1.54) is 35.5 Å². The second-order valence-electron chi connectivity index (χ2n) is 6.16. The van der Waals surface area contributed by atoms with Gasteiger partial charge in [-0.1, -0.05) is 12.1 Å². The molecule has 1 heterocycles. The second kappa shape index (κ2) is 6.82. The summed E-state index contributed by atoms with van der Waals surface area (Å²) in [6, 6.07) is 14.1. The van der Waals surface area contributed by atoms with Crippen molar-refractivity contribution in [1.29, 1.82) is 0 Å². The van der Waals surface area contributed by atoms with E-state index in [4.69, 9.17) is 0 Å². The van der Waals surface area contributed by atoms with Crippen LogP contribution in [0, 0.1) is 18.7 Å². The van der Waals surface area contributed by atoms with Gasteiger partial charge in [0.05, 0.1) is 0 Å². The summed E-state index contributed by atoms with van der Waals surface area (Å²) in [7, 11) is 0. The number of amides is 1. The number of carbonyl (C=O) groups is 1. The normalized spacial score (nSPS) is 17.3. The topological polar surface area (TPSA) is 32.3 Å². The third-order valence-electron chi connectivity index (χ3n) is 4.31. The maximum Gasteiger partial charge on any atom is 0.251 e. The summed E-state index contributed by atoms with van der Waals surface area (Å²) in [5.74, 6) is -0.0231. The van der Waals surface area contributed by atoms with Gasteiger partial charge in [-0.15, -0.1) is 0 Å². The first-order chi connectivity index (χ1) is 11.1. The molecule has 1 saturated heterocycles. The monoisotopic (exact) mass is 312 g/mol. The average molecular weight is 312 g/mol. The smallest absolute Gasteiger partial charge is 0.251 e. The number of nitrogens with one attached hydrogen (secondary N) is 1. The summed E-state index contributed by atoms with van der Waals surface area (Å²) < 4.78 is 12.9. The van der Waals surface area contributed by atoms with E-state index in [2.05, 4.69) is 41.4 Å². The minimum atomic E-state index is -0.328. The molecule has 1 unspecified atom stereocenters. The molecule has 1 aliphatic heterocycles. The minimum Gasteiger partial charge on any atom is -0.371 e. The van der Waals surface area contributed by atoms with Crippen LogP contribution in [-0.2, 0) is 0 Å². The lowest BCUT2D eigenvalue weighted by Gasteiger charge is -2.19. The summed E-state index contributed by atoms with van der Waals surface area (Å²) in [5, 5.41) is 2.96. The average Bonchev–Trinajstić information content (AvgIpc) is 3.02. The van der Waals surface area contributed by atoms with Crippen LogP contribution >= 0.6 is 0 Å². The van der Waals surface area contributed by atoms with E-state index in [0.717, 1.165) is 19.5 Å². The van der Waals surface area contributed by atoms with E-state index < -0.39 is 0 Å². The van der Waals surface area contributed by atoms with Gasteiger partial charge in [-0.2, -0.15) is 0 Å². The Bertz CT molecular complexity index is 684. The summed E-state index contributed by atoms with van der Waals surface area (Å²) in [6.07, 6.45) is 1.07. The summed E-state index contributed by atoms with van der Waals surface area (Å²) in [6.45, 7) is 4.71. The molecule has 2 aromatic carbocycles. The predicted octanol–water partition coefficient (Wildman–Crippen LogP) is 3.39. The highest BCUT2D eigenvalue weighted by atomic mass is 19.1. The molecule has 1 aliphatic rings. The number of hydrogen-bond acceptors (Lipinski definition) is 2. The molecule has 23 heavy (non-hydrogen) atoms. The third kappa shape index (κ3) is 3.89. The van der Waals surface area contributed by atoms with E-state index in [1.54, 1.807) is 0 Å². The summed E-state index contributed by atoms with van der Waals surface area (Å²) in [5.41, 5.74) is 3.01. The van der Waals surface area contributed by atoms with Gasteiger partial charge in [-0.3, -0.25) is 4.79 Å². The number of carbonyl (C=O) groups excluding carboxylic acids is 1. The molecule has 0 aromatic heterocycles. The van der Waals surface area contributed by atoms with E-state index in [-0.39, 0.29) is 11.7 Å². The van der Waals surface area contributed by atoms with E-state index in [0.29, 0.717) is 18.0 Å². The van der Waals surface area contributed by atoms with Crippen molar-refractivity contribution in [2.75, 3.05) is 24.5 Å².